The molecule has 0 aliphatic carbocycles. The van der Waals surface area contributed by atoms with E-state index in [1.54, 1.807) is 7.11 Å². The average molecular weight is 412 g/mol. The maximum Gasteiger partial charge on any atom is 0.140 e. The van der Waals surface area contributed by atoms with Gasteiger partial charge in [0.25, 0.3) is 0 Å². The number of aryl methyl sites for hydroxylation is 1. The number of hydrogen-bond acceptors (Lipinski definition) is 5. The SMILES string of the molecule is COc1ccccc1C1CN(Cc2nc3ccccc3nc2C)Cc2ccccc2O1. The van der Waals surface area contributed by atoms with E-state index in [1.165, 1.54) is 5.56 Å². The summed E-state index contributed by atoms with van der Waals surface area (Å²) in [6.07, 6.45) is -0.145. The first-order valence-electron chi connectivity index (χ1n) is 10.5. The first-order valence-corrected chi connectivity index (χ1v) is 10.5. The highest BCUT2D eigenvalue weighted by molar-refractivity contribution is 5.74. The third-order valence-corrected chi connectivity index (χ3v) is 5.76. The molecule has 0 saturated heterocycles. The van der Waals surface area contributed by atoms with Gasteiger partial charge < -0.3 is 9.47 Å². The molecule has 31 heavy (non-hydrogen) atoms. The molecule has 3 aromatic carbocycles. The van der Waals surface area contributed by atoms with Crippen molar-refractivity contribution in [1.82, 2.24) is 14.9 Å². The lowest BCUT2D eigenvalue weighted by molar-refractivity contribution is 0.140. The van der Waals surface area contributed by atoms with Crippen LogP contribution >= 0.6 is 0 Å². The molecule has 0 saturated carbocycles. The van der Waals surface area contributed by atoms with Gasteiger partial charge in [-0.1, -0.05) is 48.5 Å². The molecule has 0 bridgehead atoms. The van der Waals surface area contributed by atoms with Gasteiger partial charge in [-0.25, -0.2) is 9.97 Å². The van der Waals surface area contributed by atoms with Gasteiger partial charge in [0.15, 0.2) is 0 Å². The number of para-hydroxylation sites is 4. The average Bonchev–Trinajstić information content (AvgIpc) is 2.98. The molecule has 0 amide bonds. The van der Waals surface area contributed by atoms with Gasteiger partial charge in [-0.2, -0.15) is 0 Å². The van der Waals surface area contributed by atoms with Gasteiger partial charge in [0, 0.05) is 30.8 Å². The van der Waals surface area contributed by atoms with Crippen LogP contribution in [0, 0.1) is 6.92 Å². The van der Waals surface area contributed by atoms with Crippen LogP contribution in [-0.4, -0.2) is 28.5 Å². The number of fused-ring (bicyclic) bond motifs is 2. The Labute approximate surface area is 182 Å². The fraction of sp³-hybridized carbons (Fsp3) is 0.231. The molecule has 1 aliphatic heterocycles. The summed E-state index contributed by atoms with van der Waals surface area (Å²) in [6, 6.07) is 24.4. The van der Waals surface area contributed by atoms with E-state index in [1.807, 2.05) is 61.5 Å². The van der Waals surface area contributed by atoms with Crippen molar-refractivity contribution < 1.29 is 9.47 Å². The molecule has 5 heteroatoms. The van der Waals surface area contributed by atoms with E-state index in [0.29, 0.717) is 6.54 Å². The third kappa shape index (κ3) is 3.97. The van der Waals surface area contributed by atoms with E-state index in [0.717, 1.165) is 52.6 Å². The van der Waals surface area contributed by atoms with E-state index in [-0.39, 0.29) is 6.10 Å². The van der Waals surface area contributed by atoms with Crippen molar-refractivity contribution in [2.45, 2.75) is 26.1 Å². The monoisotopic (exact) mass is 411 g/mol. The largest absolute Gasteiger partial charge is 0.496 e. The standard InChI is InChI=1S/C26H25N3O2/c1-18-23(28-22-12-6-5-11-21(22)27-18)16-29-15-19-9-3-7-13-24(19)31-26(17-29)20-10-4-8-14-25(20)30-2/h3-14,26H,15-17H2,1-2H3. The van der Waals surface area contributed by atoms with Crippen molar-refractivity contribution in [1.29, 1.82) is 0 Å². The normalized spacial score (nSPS) is 16.4. The molecule has 2 heterocycles. The molecule has 1 atom stereocenters. The van der Waals surface area contributed by atoms with Crippen molar-refractivity contribution in [3.63, 3.8) is 0 Å². The van der Waals surface area contributed by atoms with Crippen LogP contribution in [0.15, 0.2) is 72.8 Å². The Hall–Kier alpha value is -3.44. The number of nitrogens with zero attached hydrogens (tertiary/aromatic N) is 3. The second-order valence-electron chi connectivity index (χ2n) is 7.87. The summed E-state index contributed by atoms with van der Waals surface area (Å²) in [4.78, 5) is 12.1. The van der Waals surface area contributed by atoms with Gasteiger partial charge in [0.2, 0.25) is 0 Å². The quantitative estimate of drug-likeness (QED) is 0.469. The first-order chi connectivity index (χ1) is 15.2. The van der Waals surface area contributed by atoms with Gasteiger partial charge in [-0.05, 0) is 31.2 Å². The molecule has 1 unspecified atom stereocenters. The van der Waals surface area contributed by atoms with E-state index in [4.69, 9.17) is 19.4 Å². The highest BCUT2D eigenvalue weighted by atomic mass is 16.5. The minimum atomic E-state index is -0.145. The number of benzene rings is 3. The Balaban J connectivity index is 1.51. The Kier molecular flexibility index (Phi) is 5.26. The lowest BCUT2D eigenvalue weighted by Crippen LogP contribution is -2.29. The summed E-state index contributed by atoms with van der Waals surface area (Å²) in [5, 5.41) is 0. The second kappa shape index (κ2) is 8.36. The Morgan fingerprint density at radius 3 is 2.48 bits per heavy atom. The highest BCUT2D eigenvalue weighted by Gasteiger charge is 2.27. The molecule has 5 nitrogen and oxygen atoms in total. The molecular weight excluding hydrogens is 386 g/mol. The second-order valence-corrected chi connectivity index (χ2v) is 7.87. The Morgan fingerprint density at radius 1 is 0.935 bits per heavy atom. The molecule has 0 spiro atoms. The zero-order valence-corrected chi connectivity index (χ0v) is 17.8. The van der Waals surface area contributed by atoms with Crippen LogP contribution in [0.5, 0.6) is 11.5 Å². The van der Waals surface area contributed by atoms with Gasteiger partial charge in [-0.15, -0.1) is 0 Å². The summed E-state index contributed by atoms with van der Waals surface area (Å²) in [5.74, 6) is 1.76. The van der Waals surface area contributed by atoms with E-state index < -0.39 is 0 Å². The maximum atomic E-state index is 6.50. The van der Waals surface area contributed by atoms with Gasteiger partial charge >= 0.3 is 0 Å². The van der Waals surface area contributed by atoms with Crippen LogP contribution in [0.2, 0.25) is 0 Å². The summed E-state index contributed by atoms with van der Waals surface area (Å²) in [5.41, 5.74) is 6.04. The Morgan fingerprint density at radius 2 is 1.65 bits per heavy atom. The van der Waals surface area contributed by atoms with Crippen molar-refractivity contribution in [2.75, 3.05) is 13.7 Å². The minimum Gasteiger partial charge on any atom is -0.496 e. The topological polar surface area (TPSA) is 47.5 Å². The lowest BCUT2D eigenvalue weighted by atomic mass is 10.1. The summed E-state index contributed by atoms with van der Waals surface area (Å²) in [6.45, 7) is 4.25. The van der Waals surface area contributed by atoms with Crippen LogP contribution in [-0.2, 0) is 13.1 Å². The number of hydrogen-bond donors (Lipinski definition) is 0. The fourth-order valence-corrected chi connectivity index (χ4v) is 4.18. The highest BCUT2D eigenvalue weighted by Crippen LogP contribution is 2.35. The number of ether oxygens (including phenoxy) is 2. The molecule has 5 rings (SSSR count). The first kappa shape index (κ1) is 19.5. The van der Waals surface area contributed by atoms with Crippen LogP contribution in [0.1, 0.15) is 28.6 Å². The number of methoxy groups -OCH3 is 1. The molecule has 1 aromatic heterocycles. The summed E-state index contributed by atoms with van der Waals surface area (Å²) in [7, 11) is 1.70. The molecule has 156 valence electrons. The smallest absolute Gasteiger partial charge is 0.140 e. The predicted molar refractivity (Wildman–Crippen MR) is 121 cm³/mol. The predicted octanol–water partition coefficient (Wildman–Crippen LogP) is 5.08. The molecule has 0 radical (unpaired) electrons. The zero-order valence-electron chi connectivity index (χ0n) is 17.8. The lowest BCUT2D eigenvalue weighted by Gasteiger charge is -2.25. The van der Waals surface area contributed by atoms with Gasteiger partial charge in [-0.3, -0.25) is 4.90 Å². The van der Waals surface area contributed by atoms with Crippen molar-refractivity contribution in [2.24, 2.45) is 0 Å². The van der Waals surface area contributed by atoms with E-state index in [2.05, 4.69) is 23.1 Å². The summed E-state index contributed by atoms with van der Waals surface area (Å²) < 4.78 is 12.1. The molecule has 0 N–H and O–H groups in total. The summed E-state index contributed by atoms with van der Waals surface area (Å²) >= 11 is 0. The van der Waals surface area contributed by atoms with Crippen molar-refractivity contribution in [3.05, 3.63) is 95.3 Å². The third-order valence-electron chi connectivity index (χ3n) is 5.76. The zero-order chi connectivity index (χ0) is 21.2. The van der Waals surface area contributed by atoms with Crippen LogP contribution in [0.3, 0.4) is 0 Å². The molecule has 1 aliphatic rings. The van der Waals surface area contributed by atoms with Gasteiger partial charge in [0.05, 0.1) is 29.5 Å². The number of rotatable bonds is 4. The molecule has 0 fully saturated rings. The van der Waals surface area contributed by atoms with Gasteiger partial charge in [0.1, 0.15) is 17.6 Å². The van der Waals surface area contributed by atoms with Crippen molar-refractivity contribution in [3.8, 4) is 11.5 Å². The van der Waals surface area contributed by atoms with Crippen LogP contribution in [0.25, 0.3) is 11.0 Å². The fourth-order valence-electron chi connectivity index (χ4n) is 4.18. The van der Waals surface area contributed by atoms with E-state index in [9.17, 15) is 0 Å². The maximum absolute atomic E-state index is 6.50. The van der Waals surface area contributed by atoms with E-state index >= 15 is 0 Å². The van der Waals surface area contributed by atoms with Crippen LogP contribution < -0.4 is 9.47 Å². The number of aromatic nitrogens is 2. The minimum absolute atomic E-state index is 0.145. The van der Waals surface area contributed by atoms with Crippen LogP contribution in [0.4, 0.5) is 0 Å². The van der Waals surface area contributed by atoms with Crippen molar-refractivity contribution >= 4 is 11.0 Å². The molecular formula is C26H25N3O2. The molecule has 4 aromatic rings. The Bertz CT molecular complexity index is 1220.